The van der Waals surface area contributed by atoms with Gasteiger partial charge in [0.25, 0.3) is 0 Å². The summed E-state index contributed by atoms with van der Waals surface area (Å²) in [6.45, 7) is 1.57. The maximum Gasteiger partial charge on any atom is 0.128 e. The van der Waals surface area contributed by atoms with Gasteiger partial charge in [-0.1, -0.05) is 12.1 Å². The SMILES string of the molecule is Nc1ncccc1CN1CCc2ccc(F)cc21. The first-order chi connectivity index (χ1) is 8.74. The minimum atomic E-state index is -0.195. The lowest BCUT2D eigenvalue weighted by Gasteiger charge is -2.20. The fourth-order valence-corrected chi connectivity index (χ4v) is 2.37. The molecule has 0 aliphatic carbocycles. The second-order valence-corrected chi connectivity index (χ2v) is 4.49. The van der Waals surface area contributed by atoms with Crippen molar-refractivity contribution >= 4 is 11.5 Å². The lowest BCUT2D eigenvalue weighted by molar-refractivity contribution is 0.627. The number of benzene rings is 1. The Morgan fingerprint density at radius 2 is 2.22 bits per heavy atom. The molecule has 2 N–H and O–H groups in total. The zero-order chi connectivity index (χ0) is 12.5. The molecule has 0 fully saturated rings. The van der Waals surface area contributed by atoms with E-state index in [0.717, 1.165) is 24.2 Å². The van der Waals surface area contributed by atoms with Crippen LogP contribution in [-0.2, 0) is 13.0 Å². The lowest BCUT2D eigenvalue weighted by atomic mass is 10.1. The molecule has 0 amide bonds. The predicted molar refractivity (Wildman–Crippen MR) is 69.8 cm³/mol. The highest BCUT2D eigenvalue weighted by Crippen LogP contribution is 2.30. The molecule has 1 aliphatic heterocycles. The summed E-state index contributed by atoms with van der Waals surface area (Å²) in [7, 11) is 0. The molecule has 3 nitrogen and oxygen atoms in total. The van der Waals surface area contributed by atoms with Gasteiger partial charge in [0.15, 0.2) is 0 Å². The van der Waals surface area contributed by atoms with Crippen LogP contribution in [-0.4, -0.2) is 11.5 Å². The standard InChI is InChI=1S/C14H14FN3/c15-12-4-3-10-5-7-18(13(10)8-12)9-11-2-1-6-17-14(11)16/h1-4,6,8H,5,7,9H2,(H2,16,17). The smallest absolute Gasteiger partial charge is 0.128 e. The molecule has 0 bridgehead atoms. The van der Waals surface area contributed by atoms with Gasteiger partial charge < -0.3 is 10.6 Å². The van der Waals surface area contributed by atoms with Gasteiger partial charge in [0.2, 0.25) is 0 Å². The summed E-state index contributed by atoms with van der Waals surface area (Å²) in [6, 6.07) is 8.79. The molecule has 4 heteroatoms. The van der Waals surface area contributed by atoms with Gasteiger partial charge in [0.05, 0.1) is 0 Å². The highest BCUT2D eigenvalue weighted by Gasteiger charge is 2.20. The highest BCUT2D eigenvalue weighted by atomic mass is 19.1. The number of halogens is 1. The van der Waals surface area contributed by atoms with Crippen LogP contribution < -0.4 is 10.6 Å². The van der Waals surface area contributed by atoms with Crippen LogP contribution in [0.2, 0.25) is 0 Å². The first-order valence-corrected chi connectivity index (χ1v) is 5.97. The molecule has 2 aromatic rings. The number of anilines is 2. The fourth-order valence-electron chi connectivity index (χ4n) is 2.37. The third-order valence-electron chi connectivity index (χ3n) is 3.33. The zero-order valence-electron chi connectivity index (χ0n) is 9.94. The Hall–Kier alpha value is -2.10. The number of rotatable bonds is 2. The van der Waals surface area contributed by atoms with Crippen molar-refractivity contribution in [2.24, 2.45) is 0 Å². The summed E-state index contributed by atoms with van der Waals surface area (Å²) in [4.78, 5) is 6.22. The van der Waals surface area contributed by atoms with Crippen LogP contribution >= 0.6 is 0 Å². The number of fused-ring (bicyclic) bond motifs is 1. The highest BCUT2D eigenvalue weighted by molar-refractivity contribution is 5.59. The van der Waals surface area contributed by atoms with E-state index in [4.69, 9.17) is 5.73 Å². The average molecular weight is 243 g/mol. The van der Waals surface area contributed by atoms with Crippen molar-refractivity contribution < 1.29 is 4.39 Å². The predicted octanol–water partition coefficient (Wildman–Crippen LogP) is 2.37. The van der Waals surface area contributed by atoms with Gasteiger partial charge in [-0.25, -0.2) is 9.37 Å². The van der Waals surface area contributed by atoms with Crippen molar-refractivity contribution in [1.82, 2.24) is 4.98 Å². The molecular formula is C14H14FN3. The molecule has 1 aromatic heterocycles. The van der Waals surface area contributed by atoms with Gasteiger partial charge in [0.1, 0.15) is 11.6 Å². The second kappa shape index (κ2) is 4.29. The van der Waals surface area contributed by atoms with Crippen LogP contribution in [0.25, 0.3) is 0 Å². The third-order valence-corrected chi connectivity index (χ3v) is 3.33. The molecule has 92 valence electrons. The average Bonchev–Trinajstić information content (AvgIpc) is 2.75. The number of nitrogens with two attached hydrogens (primary N) is 1. The van der Waals surface area contributed by atoms with E-state index in [0.29, 0.717) is 12.4 Å². The van der Waals surface area contributed by atoms with Gasteiger partial charge >= 0.3 is 0 Å². The normalized spacial score (nSPS) is 13.7. The maximum atomic E-state index is 13.3. The van der Waals surface area contributed by atoms with Crippen molar-refractivity contribution in [1.29, 1.82) is 0 Å². The Morgan fingerprint density at radius 3 is 3.06 bits per heavy atom. The second-order valence-electron chi connectivity index (χ2n) is 4.49. The molecule has 1 aliphatic rings. The van der Waals surface area contributed by atoms with Crippen LogP contribution in [0.5, 0.6) is 0 Å². The van der Waals surface area contributed by atoms with Gasteiger partial charge in [-0.15, -0.1) is 0 Å². The summed E-state index contributed by atoms with van der Waals surface area (Å²) < 4.78 is 13.3. The monoisotopic (exact) mass is 243 g/mol. The van der Waals surface area contributed by atoms with E-state index in [-0.39, 0.29) is 5.82 Å². The van der Waals surface area contributed by atoms with Gasteiger partial charge in [0, 0.05) is 30.5 Å². The minimum absolute atomic E-state index is 0.195. The summed E-state index contributed by atoms with van der Waals surface area (Å²) in [5, 5.41) is 0. The molecule has 0 saturated heterocycles. The van der Waals surface area contributed by atoms with E-state index in [1.165, 1.54) is 11.6 Å². The minimum Gasteiger partial charge on any atom is -0.383 e. The van der Waals surface area contributed by atoms with Gasteiger partial charge in [-0.3, -0.25) is 0 Å². The molecule has 18 heavy (non-hydrogen) atoms. The number of hydrogen-bond donors (Lipinski definition) is 1. The number of hydrogen-bond acceptors (Lipinski definition) is 3. The Kier molecular flexibility index (Phi) is 2.63. The molecule has 0 atom stereocenters. The van der Waals surface area contributed by atoms with Crippen molar-refractivity contribution in [2.45, 2.75) is 13.0 Å². The number of nitrogens with zero attached hydrogens (tertiary/aromatic N) is 2. The first kappa shape index (κ1) is 11.0. The molecular weight excluding hydrogens is 229 g/mol. The lowest BCUT2D eigenvalue weighted by Crippen LogP contribution is -2.20. The van der Waals surface area contributed by atoms with Crippen molar-refractivity contribution in [2.75, 3.05) is 17.2 Å². The van der Waals surface area contributed by atoms with E-state index in [2.05, 4.69) is 9.88 Å². The van der Waals surface area contributed by atoms with Crippen LogP contribution in [0.15, 0.2) is 36.5 Å². The summed E-state index contributed by atoms with van der Waals surface area (Å²) >= 11 is 0. The maximum absolute atomic E-state index is 13.3. The van der Waals surface area contributed by atoms with E-state index in [1.54, 1.807) is 12.3 Å². The van der Waals surface area contributed by atoms with Crippen LogP contribution in [0.4, 0.5) is 15.9 Å². The summed E-state index contributed by atoms with van der Waals surface area (Å²) in [5.74, 6) is 0.349. The molecule has 2 heterocycles. The molecule has 0 spiro atoms. The quantitative estimate of drug-likeness (QED) is 0.880. The van der Waals surface area contributed by atoms with Crippen LogP contribution in [0, 0.1) is 5.82 Å². The molecule has 3 rings (SSSR count). The van der Waals surface area contributed by atoms with E-state index >= 15 is 0 Å². The Bertz CT molecular complexity index is 583. The molecule has 0 radical (unpaired) electrons. The topological polar surface area (TPSA) is 42.1 Å². The fraction of sp³-hybridized carbons (Fsp3) is 0.214. The zero-order valence-corrected chi connectivity index (χ0v) is 9.94. The Labute approximate surface area is 105 Å². The molecule has 1 aromatic carbocycles. The van der Waals surface area contributed by atoms with Gasteiger partial charge in [-0.05, 0) is 30.2 Å². The molecule has 0 unspecified atom stereocenters. The van der Waals surface area contributed by atoms with Crippen molar-refractivity contribution in [3.05, 3.63) is 53.5 Å². The Balaban J connectivity index is 1.89. The number of aromatic nitrogens is 1. The number of pyridine rings is 1. The van der Waals surface area contributed by atoms with Crippen molar-refractivity contribution in [3.8, 4) is 0 Å². The summed E-state index contributed by atoms with van der Waals surface area (Å²) in [6.07, 6.45) is 2.63. The summed E-state index contributed by atoms with van der Waals surface area (Å²) in [5.41, 5.74) is 8.98. The van der Waals surface area contributed by atoms with E-state index < -0.39 is 0 Å². The molecule has 0 saturated carbocycles. The van der Waals surface area contributed by atoms with Crippen LogP contribution in [0.1, 0.15) is 11.1 Å². The van der Waals surface area contributed by atoms with Crippen molar-refractivity contribution in [3.63, 3.8) is 0 Å². The Morgan fingerprint density at radius 1 is 1.33 bits per heavy atom. The largest absolute Gasteiger partial charge is 0.383 e. The van der Waals surface area contributed by atoms with Gasteiger partial charge in [-0.2, -0.15) is 0 Å². The van der Waals surface area contributed by atoms with E-state index in [1.807, 2.05) is 18.2 Å². The van der Waals surface area contributed by atoms with E-state index in [9.17, 15) is 4.39 Å². The first-order valence-electron chi connectivity index (χ1n) is 5.97. The third kappa shape index (κ3) is 1.90. The number of nitrogen functional groups attached to an aromatic ring is 1. The van der Waals surface area contributed by atoms with Crippen LogP contribution in [0.3, 0.4) is 0 Å².